The summed E-state index contributed by atoms with van der Waals surface area (Å²) in [7, 11) is 0. The van der Waals surface area contributed by atoms with Crippen LogP contribution in [0, 0.1) is 5.92 Å². The summed E-state index contributed by atoms with van der Waals surface area (Å²) in [5.74, 6) is 0.908. The zero-order valence-corrected chi connectivity index (χ0v) is 19.1. The topological polar surface area (TPSA) is 11.4 Å². The second-order valence-corrected chi connectivity index (χ2v) is 10.2. The molecule has 3 heterocycles. The van der Waals surface area contributed by atoms with E-state index in [9.17, 15) is 0 Å². The van der Waals surface area contributed by atoms with Crippen LogP contribution in [0.4, 0.5) is 0 Å². The highest BCUT2D eigenvalue weighted by Crippen LogP contribution is 2.38. The van der Waals surface area contributed by atoms with Crippen LogP contribution < -0.4 is 0 Å². The summed E-state index contributed by atoms with van der Waals surface area (Å²) in [4.78, 5) is 5.72. The fraction of sp³-hybridized carbons (Fsp3) is 0.571. The lowest BCUT2D eigenvalue weighted by atomic mass is 9.78. The summed E-state index contributed by atoms with van der Waals surface area (Å²) in [6.07, 6.45) is 10.1. The maximum atomic E-state index is 2.89. The lowest BCUT2D eigenvalue weighted by molar-refractivity contribution is -0.00377. The Morgan fingerprint density at radius 1 is 0.806 bits per heavy atom. The third kappa shape index (κ3) is 3.41. The zero-order valence-electron chi connectivity index (χ0n) is 19.1. The molecular weight excluding hydrogens is 378 g/mol. The van der Waals surface area contributed by atoms with Gasteiger partial charge < -0.3 is 4.57 Å². The van der Waals surface area contributed by atoms with E-state index in [0.717, 1.165) is 31.1 Å². The first-order valence-electron chi connectivity index (χ1n) is 12.8. The third-order valence-corrected chi connectivity index (χ3v) is 8.58. The van der Waals surface area contributed by atoms with Gasteiger partial charge in [0.25, 0.3) is 0 Å². The molecule has 0 bridgehead atoms. The van der Waals surface area contributed by atoms with Crippen molar-refractivity contribution in [3.63, 3.8) is 0 Å². The number of para-hydroxylation sites is 1. The van der Waals surface area contributed by atoms with E-state index in [1.807, 2.05) is 0 Å². The average Bonchev–Trinajstić information content (AvgIpc) is 3.42. The zero-order chi connectivity index (χ0) is 20.8. The van der Waals surface area contributed by atoms with E-state index in [1.54, 1.807) is 0 Å². The van der Waals surface area contributed by atoms with Crippen LogP contribution in [0.2, 0.25) is 0 Å². The molecule has 3 aliphatic rings. The third-order valence-electron chi connectivity index (χ3n) is 8.58. The van der Waals surface area contributed by atoms with Crippen LogP contribution in [0.25, 0.3) is 21.8 Å². The van der Waals surface area contributed by atoms with Gasteiger partial charge in [0.2, 0.25) is 0 Å². The van der Waals surface area contributed by atoms with Crippen molar-refractivity contribution in [1.29, 1.82) is 0 Å². The number of hydrogen-bond acceptors (Lipinski definition) is 2. The molecule has 2 saturated heterocycles. The van der Waals surface area contributed by atoms with Gasteiger partial charge in [-0.1, -0.05) is 43.5 Å². The van der Waals surface area contributed by atoms with Gasteiger partial charge in [0, 0.05) is 60.1 Å². The number of aromatic nitrogens is 1. The minimum absolute atomic E-state index is 0.768. The minimum atomic E-state index is 0.768. The number of piperazine rings is 1. The highest BCUT2D eigenvalue weighted by Gasteiger charge is 2.42. The Bertz CT molecular complexity index is 1060. The molecule has 0 unspecified atom stereocenters. The van der Waals surface area contributed by atoms with Gasteiger partial charge >= 0.3 is 0 Å². The van der Waals surface area contributed by atoms with Gasteiger partial charge in [0.05, 0.1) is 0 Å². The Morgan fingerprint density at radius 2 is 1.65 bits per heavy atom. The molecule has 3 aromatic rings. The maximum absolute atomic E-state index is 2.89. The van der Waals surface area contributed by atoms with Crippen molar-refractivity contribution in [2.45, 2.75) is 77.0 Å². The number of aryl methyl sites for hydroxylation is 1. The van der Waals surface area contributed by atoms with E-state index in [2.05, 4.69) is 63.8 Å². The Kier molecular flexibility index (Phi) is 5.28. The molecule has 0 N–H and O–H groups in total. The summed E-state index contributed by atoms with van der Waals surface area (Å²) in [5.41, 5.74) is 4.26. The highest BCUT2D eigenvalue weighted by atomic mass is 15.3. The predicted molar refractivity (Wildman–Crippen MR) is 130 cm³/mol. The molecule has 3 fully saturated rings. The Balaban J connectivity index is 1.34. The van der Waals surface area contributed by atoms with Gasteiger partial charge in [0.1, 0.15) is 0 Å². The number of benzene rings is 2. The van der Waals surface area contributed by atoms with Crippen LogP contribution in [-0.4, -0.2) is 46.1 Å². The Morgan fingerprint density at radius 3 is 2.52 bits per heavy atom. The molecule has 2 aliphatic heterocycles. The lowest BCUT2D eigenvalue weighted by Gasteiger charge is -2.49. The number of rotatable bonds is 4. The molecule has 3 heteroatoms. The molecular formula is C28H37N3. The van der Waals surface area contributed by atoms with Crippen LogP contribution in [-0.2, 0) is 13.1 Å². The summed E-state index contributed by atoms with van der Waals surface area (Å²) in [5, 5.41) is 2.84. The molecule has 2 atom stereocenters. The SMILES string of the molecule is CCn1c2ccccc2c2cc(CN3CCN4CCC[C@H]4[C@@H]3C3CCCCC3)ccc21. The van der Waals surface area contributed by atoms with Crippen molar-refractivity contribution in [3.8, 4) is 0 Å². The molecule has 1 aliphatic carbocycles. The van der Waals surface area contributed by atoms with E-state index in [4.69, 9.17) is 0 Å². The molecule has 164 valence electrons. The second kappa shape index (κ2) is 8.26. The van der Waals surface area contributed by atoms with E-state index in [1.165, 1.54) is 91.9 Å². The van der Waals surface area contributed by atoms with Crippen molar-refractivity contribution in [2.75, 3.05) is 19.6 Å². The normalized spacial score (nSPS) is 26.1. The van der Waals surface area contributed by atoms with Gasteiger partial charge in [0.15, 0.2) is 0 Å². The quantitative estimate of drug-likeness (QED) is 0.514. The largest absolute Gasteiger partial charge is 0.341 e. The Hall–Kier alpha value is -1.84. The highest BCUT2D eigenvalue weighted by molar-refractivity contribution is 6.08. The van der Waals surface area contributed by atoms with Crippen molar-refractivity contribution < 1.29 is 0 Å². The van der Waals surface area contributed by atoms with Crippen molar-refractivity contribution >= 4 is 21.8 Å². The molecule has 0 spiro atoms. The summed E-state index contributed by atoms with van der Waals surface area (Å²) in [6, 6.07) is 17.8. The predicted octanol–water partition coefficient (Wildman–Crippen LogP) is 6.04. The van der Waals surface area contributed by atoms with Gasteiger partial charge in [-0.3, -0.25) is 9.80 Å². The van der Waals surface area contributed by atoms with Crippen LogP contribution in [0.15, 0.2) is 42.5 Å². The van der Waals surface area contributed by atoms with Crippen LogP contribution in [0.1, 0.15) is 57.4 Å². The van der Waals surface area contributed by atoms with Gasteiger partial charge in [-0.2, -0.15) is 0 Å². The smallest absolute Gasteiger partial charge is 0.0491 e. The average molecular weight is 416 g/mol. The number of nitrogens with zero attached hydrogens (tertiary/aromatic N) is 3. The number of hydrogen-bond donors (Lipinski definition) is 0. The standard InChI is InChI=1S/C28H37N3/c1-2-31-25-12-7-6-11-23(25)24-19-21(14-15-26(24)31)20-30-18-17-29-16-8-13-27(29)28(30)22-9-4-3-5-10-22/h6-7,11-12,14-15,19,22,27-28H,2-5,8-10,13,16-18,20H2,1H3/t27-,28-/m0/s1. The summed E-state index contributed by atoms with van der Waals surface area (Å²) < 4.78 is 2.47. The fourth-order valence-electron chi connectivity index (χ4n) is 7.21. The summed E-state index contributed by atoms with van der Waals surface area (Å²) in [6.45, 7) is 8.25. The molecule has 1 aromatic heterocycles. The molecule has 1 saturated carbocycles. The number of fused-ring (bicyclic) bond motifs is 4. The minimum Gasteiger partial charge on any atom is -0.341 e. The molecule has 3 nitrogen and oxygen atoms in total. The molecule has 6 rings (SSSR count). The lowest BCUT2D eigenvalue weighted by Crippen LogP contribution is -2.59. The van der Waals surface area contributed by atoms with E-state index in [0.29, 0.717) is 0 Å². The second-order valence-electron chi connectivity index (χ2n) is 10.2. The first kappa shape index (κ1) is 19.8. The molecule has 2 aromatic carbocycles. The van der Waals surface area contributed by atoms with Crippen LogP contribution >= 0.6 is 0 Å². The van der Waals surface area contributed by atoms with Gasteiger partial charge in [-0.05, 0) is 68.8 Å². The Labute approximate surface area is 187 Å². The fourth-order valence-corrected chi connectivity index (χ4v) is 7.21. The van der Waals surface area contributed by atoms with Gasteiger partial charge in [-0.15, -0.1) is 0 Å². The van der Waals surface area contributed by atoms with E-state index < -0.39 is 0 Å². The first-order chi connectivity index (χ1) is 15.3. The molecule has 0 radical (unpaired) electrons. The van der Waals surface area contributed by atoms with E-state index >= 15 is 0 Å². The van der Waals surface area contributed by atoms with Crippen molar-refractivity contribution in [2.24, 2.45) is 5.92 Å². The van der Waals surface area contributed by atoms with E-state index in [-0.39, 0.29) is 0 Å². The summed E-state index contributed by atoms with van der Waals surface area (Å²) >= 11 is 0. The van der Waals surface area contributed by atoms with Crippen molar-refractivity contribution in [3.05, 3.63) is 48.0 Å². The molecule has 0 amide bonds. The first-order valence-corrected chi connectivity index (χ1v) is 12.8. The van der Waals surface area contributed by atoms with Crippen LogP contribution in [0.3, 0.4) is 0 Å². The van der Waals surface area contributed by atoms with Crippen LogP contribution in [0.5, 0.6) is 0 Å². The molecule has 31 heavy (non-hydrogen) atoms. The monoisotopic (exact) mass is 415 g/mol. The van der Waals surface area contributed by atoms with Gasteiger partial charge in [-0.25, -0.2) is 0 Å². The maximum Gasteiger partial charge on any atom is 0.0491 e. The van der Waals surface area contributed by atoms with Crippen molar-refractivity contribution in [1.82, 2.24) is 14.4 Å².